The number of methoxy groups -OCH3 is 1. The van der Waals surface area contributed by atoms with Crippen LogP contribution in [0.3, 0.4) is 0 Å². The van der Waals surface area contributed by atoms with E-state index in [-0.39, 0.29) is 18.3 Å². The zero-order valence-electron chi connectivity index (χ0n) is 16.0. The highest BCUT2D eigenvalue weighted by molar-refractivity contribution is 6.00. The number of hydrogen-bond donors (Lipinski definition) is 1. The van der Waals surface area contributed by atoms with Gasteiger partial charge in [-0.15, -0.1) is 0 Å². The first-order chi connectivity index (χ1) is 13.6. The summed E-state index contributed by atoms with van der Waals surface area (Å²) in [6, 6.07) is 17.5. The molecule has 2 aromatic carbocycles. The molecule has 1 N–H and O–H groups in total. The molecule has 0 bridgehead atoms. The quantitative estimate of drug-likeness (QED) is 0.505. The second kappa shape index (κ2) is 8.99. The van der Waals surface area contributed by atoms with Gasteiger partial charge in [-0.25, -0.2) is 4.68 Å². The van der Waals surface area contributed by atoms with Gasteiger partial charge in [-0.3, -0.25) is 9.59 Å². The molecule has 144 valence electrons. The summed E-state index contributed by atoms with van der Waals surface area (Å²) in [5.74, 6) is -0.503. The number of benzene rings is 2. The van der Waals surface area contributed by atoms with Crippen LogP contribution >= 0.6 is 0 Å². The van der Waals surface area contributed by atoms with Crippen molar-refractivity contribution in [2.75, 3.05) is 13.7 Å². The molecule has 1 heterocycles. The Morgan fingerprint density at radius 2 is 1.79 bits per heavy atom. The molecule has 0 saturated carbocycles. The third-order valence-electron chi connectivity index (χ3n) is 4.45. The summed E-state index contributed by atoms with van der Waals surface area (Å²) in [6.45, 7) is 2.38. The SMILES string of the molecule is COC(=O)CCCNC(=O)c1cn(-c2ccccc2)nc1-c1ccccc1C. The lowest BCUT2D eigenvalue weighted by atomic mass is 10.0. The average Bonchev–Trinajstić information content (AvgIpc) is 3.17. The minimum absolute atomic E-state index is 0.217. The number of ether oxygens (including phenoxy) is 1. The highest BCUT2D eigenvalue weighted by atomic mass is 16.5. The number of nitrogens with zero attached hydrogens (tertiary/aromatic N) is 2. The van der Waals surface area contributed by atoms with Crippen LogP contribution in [0.5, 0.6) is 0 Å². The Morgan fingerprint density at radius 3 is 2.50 bits per heavy atom. The third-order valence-corrected chi connectivity index (χ3v) is 4.45. The van der Waals surface area contributed by atoms with E-state index in [1.807, 2.05) is 61.5 Å². The van der Waals surface area contributed by atoms with Gasteiger partial charge in [0.05, 0.1) is 18.4 Å². The molecule has 6 nitrogen and oxygen atoms in total. The number of esters is 1. The van der Waals surface area contributed by atoms with Gasteiger partial charge in [0.25, 0.3) is 5.91 Å². The summed E-state index contributed by atoms with van der Waals surface area (Å²) in [5, 5.41) is 7.56. The number of carbonyl (C=O) groups excluding carboxylic acids is 2. The Hall–Kier alpha value is -3.41. The van der Waals surface area contributed by atoms with Crippen LogP contribution in [0.1, 0.15) is 28.8 Å². The van der Waals surface area contributed by atoms with Crippen molar-refractivity contribution in [1.29, 1.82) is 0 Å². The summed E-state index contributed by atoms with van der Waals surface area (Å²) in [7, 11) is 1.35. The number of aryl methyl sites for hydroxylation is 1. The van der Waals surface area contributed by atoms with Crippen molar-refractivity contribution in [3.63, 3.8) is 0 Å². The van der Waals surface area contributed by atoms with Gasteiger partial charge < -0.3 is 10.1 Å². The third kappa shape index (κ3) is 4.46. The molecular formula is C22H23N3O3. The monoisotopic (exact) mass is 377 g/mol. The first kappa shape index (κ1) is 19.4. The number of aromatic nitrogens is 2. The normalized spacial score (nSPS) is 10.5. The smallest absolute Gasteiger partial charge is 0.305 e. The molecule has 0 saturated heterocycles. The second-order valence-electron chi connectivity index (χ2n) is 6.42. The zero-order chi connectivity index (χ0) is 19.9. The Bertz CT molecular complexity index is 964. The van der Waals surface area contributed by atoms with Gasteiger partial charge in [0, 0.05) is 24.7 Å². The molecule has 0 aliphatic carbocycles. The lowest BCUT2D eigenvalue weighted by molar-refractivity contribution is -0.140. The van der Waals surface area contributed by atoms with E-state index in [1.165, 1.54) is 7.11 Å². The lowest BCUT2D eigenvalue weighted by Gasteiger charge is -2.07. The molecular weight excluding hydrogens is 354 g/mol. The van der Waals surface area contributed by atoms with Gasteiger partial charge in [0.2, 0.25) is 0 Å². The standard InChI is InChI=1S/C22H23N3O3/c1-16-9-6-7-12-18(16)21-19(22(27)23-14-8-13-20(26)28-2)15-25(24-21)17-10-4-3-5-11-17/h3-7,9-12,15H,8,13-14H2,1-2H3,(H,23,27). The Balaban J connectivity index is 1.88. The summed E-state index contributed by atoms with van der Waals surface area (Å²) in [6.07, 6.45) is 2.53. The minimum Gasteiger partial charge on any atom is -0.469 e. The van der Waals surface area contributed by atoms with E-state index in [2.05, 4.69) is 15.2 Å². The summed E-state index contributed by atoms with van der Waals surface area (Å²) < 4.78 is 6.33. The first-order valence-electron chi connectivity index (χ1n) is 9.16. The van der Waals surface area contributed by atoms with Crippen molar-refractivity contribution in [2.24, 2.45) is 0 Å². The lowest BCUT2D eigenvalue weighted by Crippen LogP contribution is -2.25. The van der Waals surface area contributed by atoms with E-state index in [0.717, 1.165) is 16.8 Å². The van der Waals surface area contributed by atoms with Gasteiger partial charge in [-0.1, -0.05) is 42.5 Å². The van der Waals surface area contributed by atoms with Crippen LogP contribution in [0.4, 0.5) is 0 Å². The molecule has 6 heteroatoms. The number of hydrogen-bond acceptors (Lipinski definition) is 4. The van der Waals surface area contributed by atoms with Crippen molar-refractivity contribution in [1.82, 2.24) is 15.1 Å². The molecule has 0 spiro atoms. The molecule has 0 fully saturated rings. The molecule has 3 aromatic rings. The Morgan fingerprint density at radius 1 is 1.07 bits per heavy atom. The van der Waals surface area contributed by atoms with E-state index >= 15 is 0 Å². The maximum Gasteiger partial charge on any atom is 0.305 e. The Kier molecular flexibility index (Phi) is 6.22. The van der Waals surface area contributed by atoms with Crippen LogP contribution in [-0.2, 0) is 9.53 Å². The highest BCUT2D eigenvalue weighted by Crippen LogP contribution is 2.26. The fourth-order valence-electron chi connectivity index (χ4n) is 2.92. The van der Waals surface area contributed by atoms with Crippen LogP contribution < -0.4 is 5.32 Å². The number of para-hydroxylation sites is 1. The molecule has 1 aromatic heterocycles. The molecule has 1 amide bonds. The van der Waals surface area contributed by atoms with E-state index in [4.69, 9.17) is 0 Å². The van der Waals surface area contributed by atoms with Gasteiger partial charge in [-0.2, -0.15) is 5.10 Å². The van der Waals surface area contributed by atoms with Crippen LogP contribution in [0, 0.1) is 6.92 Å². The largest absolute Gasteiger partial charge is 0.469 e. The summed E-state index contributed by atoms with van der Waals surface area (Å²) >= 11 is 0. The van der Waals surface area contributed by atoms with Gasteiger partial charge in [0.15, 0.2) is 0 Å². The van der Waals surface area contributed by atoms with Gasteiger partial charge in [0.1, 0.15) is 5.69 Å². The number of carbonyl (C=O) groups is 2. The first-order valence-corrected chi connectivity index (χ1v) is 9.16. The van der Waals surface area contributed by atoms with Crippen LogP contribution in [-0.4, -0.2) is 35.3 Å². The van der Waals surface area contributed by atoms with Crippen molar-refractivity contribution in [3.8, 4) is 16.9 Å². The van der Waals surface area contributed by atoms with E-state index in [1.54, 1.807) is 10.9 Å². The maximum absolute atomic E-state index is 12.8. The molecule has 0 radical (unpaired) electrons. The fourth-order valence-corrected chi connectivity index (χ4v) is 2.92. The number of amides is 1. The van der Waals surface area contributed by atoms with E-state index in [9.17, 15) is 9.59 Å². The number of nitrogens with one attached hydrogen (secondary N) is 1. The molecule has 28 heavy (non-hydrogen) atoms. The predicted molar refractivity (Wildman–Crippen MR) is 107 cm³/mol. The van der Waals surface area contributed by atoms with E-state index in [0.29, 0.717) is 24.2 Å². The van der Waals surface area contributed by atoms with Gasteiger partial charge in [-0.05, 0) is 31.0 Å². The van der Waals surface area contributed by atoms with Crippen molar-refractivity contribution < 1.29 is 14.3 Å². The molecule has 3 rings (SSSR count). The van der Waals surface area contributed by atoms with Crippen LogP contribution in [0.2, 0.25) is 0 Å². The fraction of sp³-hybridized carbons (Fsp3) is 0.227. The van der Waals surface area contributed by atoms with Crippen molar-refractivity contribution >= 4 is 11.9 Å². The highest BCUT2D eigenvalue weighted by Gasteiger charge is 2.19. The summed E-state index contributed by atoms with van der Waals surface area (Å²) in [5.41, 5.74) is 3.96. The predicted octanol–water partition coefficient (Wildman–Crippen LogP) is 3.53. The van der Waals surface area contributed by atoms with Crippen molar-refractivity contribution in [2.45, 2.75) is 19.8 Å². The molecule has 0 atom stereocenters. The molecule has 0 unspecified atom stereocenters. The molecule has 0 aliphatic rings. The van der Waals surface area contributed by atoms with E-state index < -0.39 is 0 Å². The average molecular weight is 377 g/mol. The Labute approximate surface area is 164 Å². The zero-order valence-corrected chi connectivity index (χ0v) is 16.0. The van der Waals surface area contributed by atoms with Crippen LogP contribution in [0.15, 0.2) is 60.8 Å². The minimum atomic E-state index is -0.285. The van der Waals surface area contributed by atoms with Crippen molar-refractivity contribution in [3.05, 3.63) is 71.9 Å². The topological polar surface area (TPSA) is 73.2 Å². The van der Waals surface area contributed by atoms with Gasteiger partial charge >= 0.3 is 5.97 Å². The number of rotatable bonds is 7. The second-order valence-corrected chi connectivity index (χ2v) is 6.42. The summed E-state index contributed by atoms with van der Waals surface area (Å²) in [4.78, 5) is 24.0. The van der Waals surface area contributed by atoms with Crippen LogP contribution in [0.25, 0.3) is 16.9 Å². The molecule has 0 aliphatic heterocycles. The maximum atomic E-state index is 12.8.